The molecule has 0 saturated heterocycles. The van der Waals surface area contributed by atoms with Crippen LogP contribution in [0.15, 0.2) is 48.5 Å². The number of sulfone groups is 1. The van der Waals surface area contributed by atoms with E-state index in [0.29, 0.717) is 0 Å². The quantitative estimate of drug-likeness (QED) is 0.454. The number of benzene rings is 2. The Hall–Kier alpha value is -3.40. The van der Waals surface area contributed by atoms with Crippen molar-refractivity contribution in [2.24, 2.45) is 0 Å². The molecule has 9 nitrogen and oxygen atoms in total. The lowest BCUT2D eigenvalue weighted by Gasteiger charge is -2.27. The first-order valence-corrected chi connectivity index (χ1v) is 13.3. The summed E-state index contributed by atoms with van der Waals surface area (Å²) in [6.45, 7) is 3.09. The third-order valence-electron chi connectivity index (χ3n) is 5.78. The zero-order valence-electron chi connectivity index (χ0n) is 19.9. The molecule has 0 aromatic heterocycles. The van der Waals surface area contributed by atoms with Gasteiger partial charge in [-0.1, -0.05) is 48.5 Å². The van der Waals surface area contributed by atoms with E-state index in [1.54, 1.807) is 0 Å². The van der Waals surface area contributed by atoms with E-state index in [1.165, 1.54) is 13.8 Å². The average Bonchev–Trinajstić information content (AvgIpc) is 3.07. The Balaban J connectivity index is 1.69. The van der Waals surface area contributed by atoms with Gasteiger partial charge in [0.2, 0.25) is 5.91 Å². The van der Waals surface area contributed by atoms with E-state index in [4.69, 9.17) is 9.84 Å². The summed E-state index contributed by atoms with van der Waals surface area (Å²) in [6, 6.07) is 14.5. The highest BCUT2D eigenvalue weighted by atomic mass is 32.2. The lowest BCUT2D eigenvalue weighted by Crippen LogP contribution is -2.54. The van der Waals surface area contributed by atoms with Gasteiger partial charge in [0.1, 0.15) is 22.5 Å². The number of carboxylic acids is 1. The van der Waals surface area contributed by atoms with Crippen molar-refractivity contribution in [3.8, 4) is 11.1 Å². The van der Waals surface area contributed by atoms with Crippen LogP contribution in [-0.4, -0.2) is 61.7 Å². The van der Waals surface area contributed by atoms with Gasteiger partial charge in [-0.2, -0.15) is 0 Å². The van der Waals surface area contributed by atoms with E-state index < -0.39 is 39.4 Å². The van der Waals surface area contributed by atoms with Gasteiger partial charge in [-0.25, -0.2) is 13.2 Å². The molecule has 2 aromatic carbocycles. The fourth-order valence-electron chi connectivity index (χ4n) is 4.23. The van der Waals surface area contributed by atoms with Crippen molar-refractivity contribution < 1.29 is 32.6 Å². The molecule has 1 unspecified atom stereocenters. The highest BCUT2D eigenvalue weighted by Crippen LogP contribution is 2.44. The fourth-order valence-corrected chi connectivity index (χ4v) is 4.89. The maximum absolute atomic E-state index is 12.8. The summed E-state index contributed by atoms with van der Waals surface area (Å²) >= 11 is 0. The number of aliphatic carboxylic acids is 1. The van der Waals surface area contributed by atoms with Gasteiger partial charge in [0.15, 0.2) is 0 Å². The maximum atomic E-state index is 12.8. The molecule has 0 fully saturated rings. The van der Waals surface area contributed by atoms with E-state index in [-0.39, 0.29) is 31.1 Å². The van der Waals surface area contributed by atoms with Crippen LogP contribution in [0, 0.1) is 0 Å². The normalized spacial score (nSPS) is 13.9. The van der Waals surface area contributed by atoms with Gasteiger partial charge in [0, 0.05) is 17.7 Å². The second-order valence-electron chi connectivity index (χ2n) is 9.38. The predicted octanol–water partition coefficient (Wildman–Crippen LogP) is 2.70. The molecule has 188 valence electrons. The van der Waals surface area contributed by atoms with Crippen molar-refractivity contribution in [1.82, 2.24) is 10.6 Å². The highest BCUT2D eigenvalue weighted by Gasteiger charge is 2.32. The summed E-state index contributed by atoms with van der Waals surface area (Å²) in [5, 5.41) is 14.1. The molecule has 1 atom stereocenters. The maximum Gasteiger partial charge on any atom is 0.407 e. The molecule has 3 rings (SSSR count). The largest absolute Gasteiger partial charge is 0.481 e. The number of carboxylic acid groups (broad SMARTS) is 1. The van der Waals surface area contributed by atoms with Gasteiger partial charge in [-0.15, -0.1) is 0 Å². The van der Waals surface area contributed by atoms with E-state index in [9.17, 15) is 22.8 Å². The number of carbonyl (C=O) groups is 3. The molecule has 10 heteroatoms. The minimum Gasteiger partial charge on any atom is -0.481 e. The van der Waals surface area contributed by atoms with Gasteiger partial charge in [0.25, 0.3) is 0 Å². The Kier molecular flexibility index (Phi) is 7.84. The fraction of sp³-hybridized carbons (Fsp3) is 0.400. The van der Waals surface area contributed by atoms with Crippen molar-refractivity contribution >= 4 is 27.8 Å². The highest BCUT2D eigenvalue weighted by molar-refractivity contribution is 7.90. The zero-order valence-corrected chi connectivity index (χ0v) is 20.7. The summed E-state index contributed by atoms with van der Waals surface area (Å²) in [5.41, 5.74) is 3.10. The Morgan fingerprint density at radius 3 is 2.09 bits per heavy atom. The summed E-state index contributed by atoms with van der Waals surface area (Å²) in [5.74, 6) is -2.31. The standard InChI is InChI=1S/C25H30N2O7S/c1-25(2,14-22(28)29)27-23(30)21(12-13-35(3,32)33)26-24(31)34-15-20-18-10-6-4-8-16(18)17-9-5-7-11-19(17)20/h4-11,20-21H,12-15H2,1-3H3,(H,26,31)(H,27,30)(H,28,29). The van der Waals surface area contributed by atoms with Gasteiger partial charge >= 0.3 is 12.1 Å². The first kappa shape index (κ1) is 26.2. The van der Waals surface area contributed by atoms with E-state index in [0.717, 1.165) is 28.5 Å². The molecule has 35 heavy (non-hydrogen) atoms. The number of carbonyl (C=O) groups excluding carboxylic acids is 2. The number of nitrogens with one attached hydrogen (secondary N) is 2. The van der Waals surface area contributed by atoms with Gasteiger partial charge in [-0.3, -0.25) is 9.59 Å². The lowest BCUT2D eigenvalue weighted by molar-refractivity contribution is -0.138. The number of fused-ring (bicyclic) bond motifs is 3. The Labute approximate surface area is 204 Å². The van der Waals surface area contributed by atoms with Crippen LogP contribution in [0.2, 0.25) is 0 Å². The number of amides is 2. The first-order valence-electron chi connectivity index (χ1n) is 11.2. The van der Waals surface area contributed by atoms with Gasteiger partial charge in [-0.05, 0) is 42.5 Å². The van der Waals surface area contributed by atoms with Crippen molar-refractivity contribution in [3.05, 3.63) is 59.7 Å². The molecule has 2 aromatic rings. The summed E-state index contributed by atoms with van der Waals surface area (Å²) in [4.78, 5) is 36.5. The van der Waals surface area contributed by atoms with Crippen LogP contribution in [0.3, 0.4) is 0 Å². The smallest absolute Gasteiger partial charge is 0.407 e. The van der Waals surface area contributed by atoms with E-state index in [2.05, 4.69) is 10.6 Å². The monoisotopic (exact) mass is 502 g/mol. The van der Waals surface area contributed by atoms with Crippen molar-refractivity contribution in [1.29, 1.82) is 0 Å². The van der Waals surface area contributed by atoms with Gasteiger partial charge in [0.05, 0.1) is 12.2 Å². The molecular formula is C25H30N2O7S. The Bertz CT molecular complexity index is 1180. The number of rotatable bonds is 10. The van der Waals surface area contributed by atoms with E-state index >= 15 is 0 Å². The molecule has 3 N–H and O–H groups in total. The second kappa shape index (κ2) is 10.5. The van der Waals surface area contributed by atoms with Crippen LogP contribution in [0.1, 0.15) is 43.7 Å². The molecule has 0 spiro atoms. The Morgan fingerprint density at radius 2 is 1.57 bits per heavy atom. The van der Waals surface area contributed by atoms with Crippen LogP contribution >= 0.6 is 0 Å². The van der Waals surface area contributed by atoms with Crippen LogP contribution < -0.4 is 10.6 Å². The van der Waals surface area contributed by atoms with Gasteiger partial charge < -0.3 is 20.5 Å². The average molecular weight is 503 g/mol. The summed E-state index contributed by atoms with van der Waals surface area (Å²) < 4.78 is 28.8. The minimum atomic E-state index is -3.41. The van der Waals surface area contributed by atoms with E-state index in [1.807, 2.05) is 48.5 Å². The van der Waals surface area contributed by atoms with Crippen LogP contribution in [-0.2, 0) is 24.2 Å². The van der Waals surface area contributed by atoms with Crippen LogP contribution in [0.25, 0.3) is 11.1 Å². The van der Waals surface area contributed by atoms with Crippen molar-refractivity contribution in [2.75, 3.05) is 18.6 Å². The predicted molar refractivity (Wildman–Crippen MR) is 131 cm³/mol. The molecule has 0 bridgehead atoms. The summed E-state index contributed by atoms with van der Waals surface area (Å²) in [6.07, 6.45) is -0.360. The number of alkyl carbamates (subject to hydrolysis) is 1. The first-order chi connectivity index (χ1) is 16.4. The SMILES string of the molecule is CC(C)(CC(=O)O)NC(=O)C(CCS(C)(=O)=O)NC(=O)OCC1c2ccccc2-c2ccccc21. The topological polar surface area (TPSA) is 139 Å². The molecule has 2 amide bonds. The number of hydrogen-bond donors (Lipinski definition) is 3. The Morgan fingerprint density at radius 1 is 1.03 bits per heavy atom. The molecule has 1 aliphatic carbocycles. The van der Waals surface area contributed by atoms with Crippen LogP contribution in [0.4, 0.5) is 4.79 Å². The third kappa shape index (κ3) is 7.05. The summed E-state index contributed by atoms with van der Waals surface area (Å²) in [7, 11) is -3.41. The molecule has 0 radical (unpaired) electrons. The molecule has 1 aliphatic rings. The molecule has 0 aliphatic heterocycles. The molecule has 0 saturated carbocycles. The number of ether oxygens (including phenoxy) is 1. The van der Waals surface area contributed by atoms with Crippen LogP contribution in [0.5, 0.6) is 0 Å². The number of hydrogen-bond acceptors (Lipinski definition) is 6. The second-order valence-corrected chi connectivity index (χ2v) is 11.6. The molecule has 0 heterocycles. The zero-order chi connectivity index (χ0) is 25.8. The van der Waals surface area contributed by atoms with Crippen molar-refractivity contribution in [2.45, 2.75) is 44.2 Å². The minimum absolute atomic E-state index is 0.0325. The molecular weight excluding hydrogens is 472 g/mol. The third-order valence-corrected chi connectivity index (χ3v) is 6.76. The lowest BCUT2D eigenvalue weighted by atomic mass is 9.98. The van der Waals surface area contributed by atoms with Crippen molar-refractivity contribution in [3.63, 3.8) is 0 Å².